The van der Waals surface area contributed by atoms with Crippen molar-refractivity contribution >= 4 is 67.0 Å². The molecule has 0 aromatic rings. The second-order valence-electron chi connectivity index (χ2n) is 1.06. The van der Waals surface area contributed by atoms with Crippen LogP contribution in [0.5, 0.6) is 0 Å². The average Bonchev–Trinajstić information content (AvgIpc) is 1.14. The topological polar surface area (TPSA) is 124 Å². The Morgan fingerprint density at radius 1 is 0.909 bits per heavy atom. The molecule has 0 saturated heterocycles. The van der Waals surface area contributed by atoms with Gasteiger partial charge in [-0.1, -0.05) is 0 Å². The van der Waals surface area contributed by atoms with E-state index in [-0.39, 0.29) is 77.6 Å². The zero-order valence-electron chi connectivity index (χ0n) is 4.32. The van der Waals surface area contributed by atoms with E-state index in [4.69, 9.17) is 19.6 Å². The summed E-state index contributed by atoms with van der Waals surface area (Å²) in [5.41, 5.74) is 0. The molecule has 0 heterocycles. The Kier molecular flexibility index (Phi) is 12.5. The van der Waals surface area contributed by atoms with Crippen LogP contribution in [0.15, 0.2) is 0 Å². The van der Waals surface area contributed by atoms with Gasteiger partial charge in [-0.2, -0.15) is 4.31 Å². The Morgan fingerprint density at radius 2 is 1.09 bits per heavy atom. The predicted octanol–water partition coefficient (Wildman–Crippen LogP) is -1.73. The minimum atomic E-state index is -5.05. The normalized spacial score (nSPS) is 11.3. The Balaban J connectivity index is -0.000000320. The molecular formula is H6AtKO7P2. The summed E-state index contributed by atoms with van der Waals surface area (Å²) in [6, 6.07) is 0. The summed E-state index contributed by atoms with van der Waals surface area (Å²) in [4.78, 5) is 31.0. The standard InChI is InChI=1S/AtH.K.H4O7P2.H/c;;1-8(2,3)7-9(4,5)6;/h1H;;(H2,1,2,3)(H2,4,5,6);. The Hall–Kier alpha value is 2.78. The fourth-order valence-electron chi connectivity index (χ4n) is 0.139. The van der Waals surface area contributed by atoms with E-state index in [1.807, 2.05) is 0 Å². The van der Waals surface area contributed by atoms with Gasteiger partial charge >= 0.3 is 93.2 Å². The van der Waals surface area contributed by atoms with Crippen molar-refractivity contribution in [2.24, 2.45) is 0 Å². The second kappa shape index (κ2) is 7.12. The van der Waals surface area contributed by atoms with Crippen molar-refractivity contribution < 1.29 is 59.2 Å². The third-order valence-corrected chi connectivity index (χ3v) is 1.91. The quantitative estimate of drug-likeness (QED) is 0.304. The van der Waals surface area contributed by atoms with E-state index < -0.39 is 15.6 Å². The summed E-state index contributed by atoms with van der Waals surface area (Å²) in [5.74, 6) is 0. The zero-order valence-corrected chi connectivity index (χ0v) is 9.28. The summed E-state index contributed by atoms with van der Waals surface area (Å²) in [6.45, 7) is 0. The van der Waals surface area contributed by atoms with Gasteiger partial charge in [0.1, 0.15) is 0 Å². The van der Waals surface area contributed by atoms with Crippen molar-refractivity contribution in [1.29, 1.82) is 0 Å². The molecule has 0 atom stereocenters. The second-order valence-corrected chi connectivity index (χ2v) is 3.68. The van der Waals surface area contributed by atoms with Crippen molar-refractivity contribution in [1.82, 2.24) is 0 Å². The molecule has 0 amide bonds. The molecule has 0 fully saturated rings. The van der Waals surface area contributed by atoms with Crippen molar-refractivity contribution in [2.75, 3.05) is 0 Å². The molecule has 0 spiro atoms. The summed E-state index contributed by atoms with van der Waals surface area (Å²) in [6.07, 6.45) is 0. The SMILES string of the molecule is O=P(O)(O)OP(=O)(O)O.[AtH].[KH]. The van der Waals surface area contributed by atoms with Gasteiger partial charge in [0.2, 0.25) is 0 Å². The summed E-state index contributed by atoms with van der Waals surface area (Å²) < 4.78 is 22.2. The molecule has 11 heteroatoms. The van der Waals surface area contributed by atoms with E-state index in [1.54, 1.807) is 0 Å². The molecular weight excluding hydrogens is 423 g/mol. The van der Waals surface area contributed by atoms with E-state index in [9.17, 15) is 9.13 Å². The fourth-order valence-corrected chi connectivity index (χ4v) is 1.25. The maximum atomic E-state index is 9.63. The molecule has 0 saturated carbocycles. The van der Waals surface area contributed by atoms with Crippen LogP contribution in [0.2, 0.25) is 0 Å². The van der Waals surface area contributed by atoms with Gasteiger partial charge in [-0.3, -0.25) is 0 Å². The molecule has 0 aliphatic rings. The molecule has 11 heavy (non-hydrogen) atoms. The minimum absolute atomic E-state index is 0. The van der Waals surface area contributed by atoms with Crippen LogP contribution in [0.25, 0.3) is 0 Å². The number of phosphoric acid groups is 2. The third-order valence-electron chi connectivity index (χ3n) is 0.213. The van der Waals surface area contributed by atoms with Gasteiger partial charge in [0.05, 0.1) is 0 Å². The number of hydrogen-bond acceptors (Lipinski definition) is 3. The molecule has 0 aliphatic carbocycles. The van der Waals surface area contributed by atoms with Gasteiger partial charge in [0.15, 0.2) is 0 Å². The van der Waals surface area contributed by atoms with E-state index in [0.717, 1.165) is 0 Å². The summed E-state index contributed by atoms with van der Waals surface area (Å²) in [5, 5.41) is 0. The molecule has 4 N–H and O–H groups in total. The number of hydrogen-bond donors (Lipinski definition) is 4. The van der Waals surface area contributed by atoms with E-state index in [0.29, 0.717) is 0 Å². The first-order valence-corrected chi connectivity index (χ1v) is 4.59. The molecule has 0 radical (unpaired) electrons. The fraction of sp³-hybridized carbons (Fsp3) is 0. The molecule has 0 bridgehead atoms. The Morgan fingerprint density at radius 3 is 1.09 bits per heavy atom. The van der Waals surface area contributed by atoms with Crippen molar-refractivity contribution in [3.63, 3.8) is 0 Å². The van der Waals surface area contributed by atoms with E-state index in [1.165, 1.54) is 0 Å². The van der Waals surface area contributed by atoms with Gasteiger partial charge in [-0.25, -0.2) is 9.13 Å². The van der Waals surface area contributed by atoms with Gasteiger partial charge < -0.3 is 19.6 Å². The van der Waals surface area contributed by atoms with Gasteiger partial charge in [0, 0.05) is 0 Å². The van der Waals surface area contributed by atoms with Crippen LogP contribution in [-0.4, -0.2) is 71.0 Å². The van der Waals surface area contributed by atoms with Crippen LogP contribution >= 0.6 is 15.6 Å². The first kappa shape index (κ1) is 19.4. The zero-order chi connectivity index (χ0) is 7.71. The van der Waals surface area contributed by atoms with Crippen LogP contribution in [0, 0.1) is 26.2 Å². The van der Waals surface area contributed by atoms with Crippen molar-refractivity contribution in [3.05, 3.63) is 0 Å². The first-order valence-electron chi connectivity index (χ1n) is 1.53. The summed E-state index contributed by atoms with van der Waals surface area (Å²) in [7, 11) is -10.1. The van der Waals surface area contributed by atoms with Crippen LogP contribution in [0.3, 0.4) is 0 Å². The van der Waals surface area contributed by atoms with Gasteiger partial charge in [-0.05, 0) is 0 Å². The Bertz CT molecular complexity index is 157. The third kappa shape index (κ3) is 19.3. The predicted molar refractivity (Wildman–Crippen MR) is 33.7 cm³/mol. The van der Waals surface area contributed by atoms with Crippen molar-refractivity contribution in [3.8, 4) is 0 Å². The van der Waals surface area contributed by atoms with Gasteiger partial charge in [-0.15, -0.1) is 0 Å². The molecule has 0 unspecified atom stereocenters. The molecule has 0 aromatic heterocycles. The molecule has 0 rings (SSSR count). The molecule has 0 aromatic carbocycles. The molecule has 66 valence electrons. The monoisotopic (exact) mass is 429 g/mol. The average molecular weight is 429 g/mol. The molecule has 7 nitrogen and oxygen atoms in total. The van der Waals surface area contributed by atoms with Crippen LogP contribution in [-0.2, 0) is 13.4 Å². The molecule has 0 aliphatic heterocycles. The van der Waals surface area contributed by atoms with Crippen LogP contribution in [0.1, 0.15) is 0 Å². The van der Waals surface area contributed by atoms with Crippen LogP contribution < -0.4 is 0 Å². The number of rotatable bonds is 2. The first-order chi connectivity index (χ1) is 3.71. The van der Waals surface area contributed by atoms with E-state index in [2.05, 4.69) is 4.31 Å². The van der Waals surface area contributed by atoms with Crippen LogP contribution in [0.4, 0.5) is 0 Å². The van der Waals surface area contributed by atoms with Crippen molar-refractivity contribution in [2.45, 2.75) is 0 Å². The van der Waals surface area contributed by atoms with Gasteiger partial charge in [0.25, 0.3) is 0 Å². The Labute approximate surface area is 124 Å². The van der Waals surface area contributed by atoms with E-state index >= 15 is 0 Å². The maximum absolute atomic E-state index is 9.63. The summed E-state index contributed by atoms with van der Waals surface area (Å²) >= 11 is 0.